The van der Waals surface area contributed by atoms with Crippen molar-refractivity contribution < 1.29 is 4.79 Å². The molecule has 0 spiro atoms. The Morgan fingerprint density at radius 1 is 0.926 bits per heavy atom. The molecule has 0 saturated carbocycles. The first kappa shape index (κ1) is 17.2. The van der Waals surface area contributed by atoms with Crippen LogP contribution in [0.15, 0.2) is 66.7 Å². The summed E-state index contributed by atoms with van der Waals surface area (Å²) >= 11 is 0. The van der Waals surface area contributed by atoms with Crippen molar-refractivity contribution in [2.75, 3.05) is 18.0 Å². The summed E-state index contributed by atoms with van der Waals surface area (Å²) in [6.45, 7) is 2.60. The van der Waals surface area contributed by atoms with Gasteiger partial charge < -0.3 is 10.2 Å². The van der Waals surface area contributed by atoms with Crippen LogP contribution in [0.3, 0.4) is 0 Å². The highest BCUT2D eigenvalue weighted by molar-refractivity contribution is 5.95. The minimum Gasteiger partial charge on any atom is -0.355 e. The van der Waals surface area contributed by atoms with Crippen molar-refractivity contribution in [1.29, 1.82) is 0 Å². The van der Waals surface area contributed by atoms with Crippen LogP contribution >= 0.6 is 0 Å². The number of anilines is 1. The van der Waals surface area contributed by atoms with Crippen molar-refractivity contribution in [2.45, 2.75) is 19.4 Å². The third-order valence-electron chi connectivity index (χ3n) is 4.80. The Morgan fingerprint density at radius 3 is 2.48 bits per heavy atom. The van der Waals surface area contributed by atoms with Gasteiger partial charge in [0.1, 0.15) is 0 Å². The maximum atomic E-state index is 12.5. The summed E-state index contributed by atoms with van der Waals surface area (Å²) in [5.74, 6) is 0.829. The van der Waals surface area contributed by atoms with Crippen LogP contribution in [0.1, 0.15) is 28.8 Å². The van der Waals surface area contributed by atoms with E-state index >= 15 is 0 Å². The molecule has 1 amide bonds. The molecule has 1 N–H and O–H groups in total. The summed E-state index contributed by atoms with van der Waals surface area (Å²) in [5.41, 5.74) is 3.36. The summed E-state index contributed by atoms with van der Waals surface area (Å²) in [5, 5.41) is 11.7. The number of rotatable bonds is 5. The average Bonchev–Trinajstić information content (AvgIpc) is 3.28. The highest BCUT2D eigenvalue weighted by Crippen LogP contribution is 2.21. The van der Waals surface area contributed by atoms with Gasteiger partial charge in [-0.05, 0) is 42.7 Å². The van der Waals surface area contributed by atoms with E-state index < -0.39 is 0 Å². The second-order valence-corrected chi connectivity index (χ2v) is 6.72. The lowest BCUT2D eigenvalue weighted by Gasteiger charge is -2.15. The third kappa shape index (κ3) is 4.14. The molecular weight excluding hydrogens is 336 g/mol. The molecule has 0 aliphatic carbocycles. The summed E-state index contributed by atoms with van der Waals surface area (Å²) in [6, 6.07) is 21.4. The van der Waals surface area contributed by atoms with Crippen molar-refractivity contribution in [3.8, 4) is 11.3 Å². The van der Waals surface area contributed by atoms with Gasteiger partial charge in [0.2, 0.25) is 0 Å². The van der Waals surface area contributed by atoms with Gasteiger partial charge in [0, 0.05) is 30.8 Å². The average molecular weight is 358 g/mol. The second kappa shape index (κ2) is 7.99. The molecule has 0 unspecified atom stereocenters. The number of aromatic nitrogens is 2. The van der Waals surface area contributed by atoms with Crippen LogP contribution in [0.5, 0.6) is 0 Å². The molecule has 0 bridgehead atoms. The van der Waals surface area contributed by atoms with Crippen LogP contribution < -0.4 is 10.2 Å². The number of carbonyl (C=O) groups excluding carboxylic acids is 1. The van der Waals surface area contributed by atoms with Gasteiger partial charge in [-0.2, -0.15) is 0 Å². The number of hydrogen-bond donors (Lipinski definition) is 1. The van der Waals surface area contributed by atoms with E-state index in [1.54, 1.807) is 0 Å². The molecule has 1 aliphatic rings. The first-order chi connectivity index (χ1) is 13.3. The first-order valence-corrected chi connectivity index (χ1v) is 9.31. The van der Waals surface area contributed by atoms with Gasteiger partial charge >= 0.3 is 0 Å². The lowest BCUT2D eigenvalue weighted by Crippen LogP contribution is -2.22. The summed E-state index contributed by atoms with van der Waals surface area (Å²) in [6.07, 6.45) is 2.42. The molecule has 1 aromatic heterocycles. The molecule has 2 heterocycles. The fraction of sp³-hybridized carbons (Fsp3) is 0.227. The van der Waals surface area contributed by atoms with E-state index in [4.69, 9.17) is 0 Å². The summed E-state index contributed by atoms with van der Waals surface area (Å²) < 4.78 is 0. The molecule has 1 fully saturated rings. The van der Waals surface area contributed by atoms with Crippen molar-refractivity contribution in [3.05, 3.63) is 77.9 Å². The maximum Gasteiger partial charge on any atom is 0.251 e. The van der Waals surface area contributed by atoms with Gasteiger partial charge in [-0.3, -0.25) is 4.79 Å². The minimum atomic E-state index is -0.0950. The smallest absolute Gasteiger partial charge is 0.251 e. The minimum absolute atomic E-state index is 0.0950. The van der Waals surface area contributed by atoms with Crippen molar-refractivity contribution >= 4 is 11.7 Å². The van der Waals surface area contributed by atoms with Crippen LogP contribution in [0, 0.1) is 0 Å². The fourth-order valence-corrected chi connectivity index (χ4v) is 3.29. The largest absolute Gasteiger partial charge is 0.355 e. The standard InChI is InChI=1S/C22H22N4O/c27-22(23-16-17-7-2-1-3-8-17)19-10-6-9-18(15-19)20-11-12-21(25-24-20)26-13-4-5-14-26/h1-3,6-12,15H,4-5,13-14,16H2,(H,23,27). The first-order valence-electron chi connectivity index (χ1n) is 9.31. The Kier molecular flexibility index (Phi) is 5.10. The molecule has 136 valence electrons. The Morgan fingerprint density at radius 2 is 1.74 bits per heavy atom. The second-order valence-electron chi connectivity index (χ2n) is 6.72. The molecule has 4 rings (SSSR count). The number of carbonyl (C=O) groups is 1. The van der Waals surface area contributed by atoms with E-state index in [0.29, 0.717) is 12.1 Å². The number of hydrogen-bond acceptors (Lipinski definition) is 4. The molecule has 27 heavy (non-hydrogen) atoms. The Bertz CT molecular complexity index is 903. The number of nitrogens with zero attached hydrogens (tertiary/aromatic N) is 3. The SMILES string of the molecule is O=C(NCc1ccccc1)c1cccc(-c2ccc(N3CCCC3)nn2)c1. The molecule has 1 aliphatic heterocycles. The van der Waals surface area contributed by atoms with Gasteiger partial charge in [0.15, 0.2) is 5.82 Å². The normalized spacial score (nSPS) is 13.6. The van der Waals surface area contributed by atoms with E-state index in [-0.39, 0.29) is 5.91 Å². The Hall–Kier alpha value is -3.21. The van der Waals surface area contributed by atoms with E-state index in [0.717, 1.165) is 35.7 Å². The monoisotopic (exact) mass is 358 g/mol. The predicted octanol–water partition coefficient (Wildman–Crippen LogP) is 3.67. The van der Waals surface area contributed by atoms with E-state index in [1.165, 1.54) is 12.8 Å². The summed E-state index contributed by atoms with van der Waals surface area (Å²) in [7, 11) is 0. The predicted molar refractivity (Wildman–Crippen MR) is 107 cm³/mol. The van der Waals surface area contributed by atoms with Gasteiger partial charge in [-0.25, -0.2) is 0 Å². The van der Waals surface area contributed by atoms with E-state index in [1.807, 2.05) is 66.7 Å². The van der Waals surface area contributed by atoms with Gasteiger partial charge in [-0.15, -0.1) is 10.2 Å². The van der Waals surface area contributed by atoms with Crippen LogP contribution in [0.25, 0.3) is 11.3 Å². The van der Waals surface area contributed by atoms with Gasteiger partial charge in [0.25, 0.3) is 5.91 Å². The topological polar surface area (TPSA) is 58.1 Å². The Labute approximate surface area is 159 Å². The molecular formula is C22H22N4O. The zero-order valence-corrected chi connectivity index (χ0v) is 15.1. The van der Waals surface area contributed by atoms with Crippen LogP contribution in [-0.4, -0.2) is 29.2 Å². The van der Waals surface area contributed by atoms with E-state index in [9.17, 15) is 4.79 Å². The summed E-state index contributed by atoms with van der Waals surface area (Å²) in [4.78, 5) is 14.7. The van der Waals surface area contributed by atoms with Crippen LogP contribution in [0.2, 0.25) is 0 Å². The highest BCUT2D eigenvalue weighted by atomic mass is 16.1. The molecule has 5 heteroatoms. The number of benzene rings is 2. The molecule has 3 aromatic rings. The zero-order valence-electron chi connectivity index (χ0n) is 15.1. The molecule has 1 saturated heterocycles. The molecule has 0 radical (unpaired) electrons. The van der Waals surface area contributed by atoms with Crippen LogP contribution in [-0.2, 0) is 6.54 Å². The lowest BCUT2D eigenvalue weighted by atomic mass is 10.1. The molecule has 0 atom stereocenters. The lowest BCUT2D eigenvalue weighted by molar-refractivity contribution is 0.0951. The quantitative estimate of drug-likeness (QED) is 0.756. The highest BCUT2D eigenvalue weighted by Gasteiger charge is 2.14. The fourth-order valence-electron chi connectivity index (χ4n) is 3.29. The number of amides is 1. The van der Waals surface area contributed by atoms with Gasteiger partial charge in [-0.1, -0.05) is 42.5 Å². The van der Waals surface area contributed by atoms with Crippen molar-refractivity contribution in [1.82, 2.24) is 15.5 Å². The maximum absolute atomic E-state index is 12.5. The number of nitrogens with one attached hydrogen (secondary N) is 1. The van der Waals surface area contributed by atoms with Crippen LogP contribution in [0.4, 0.5) is 5.82 Å². The van der Waals surface area contributed by atoms with Gasteiger partial charge in [0.05, 0.1) is 5.69 Å². The van der Waals surface area contributed by atoms with Crippen molar-refractivity contribution in [2.24, 2.45) is 0 Å². The van der Waals surface area contributed by atoms with E-state index in [2.05, 4.69) is 20.4 Å². The Balaban J connectivity index is 1.46. The molecule has 2 aromatic carbocycles. The molecule has 5 nitrogen and oxygen atoms in total. The zero-order chi connectivity index (χ0) is 18.5. The van der Waals surface area contributed by atoms with Crippen molar-refractivity contribution in [3.63, 3.8) is 0 Å². The third-order valence-corrected chi connectivity index (χ3v) is 4.80.